The van der Waals surface area contributed by atoms with Crippen molar-refractivity contribution < 1.29 is 9.34 Å². The molecule has 1 unspecified atom stereocenters. The van der Waals surface area contributed by atoms with Gasteiger partial charge in [-0.05, 0) is 43.1 Å². The van der Waals surface area contributed by atoms with Crippen molar-refractivity contribution in [3.8, 4) is 11.3 Å². The van der Waals surface area contributed by atoms with Crippen LogP contribution in [0, 0.1) is 15.5 Å². The molecular weight excluding hydrogens is 330 g/mol. The van der Waals surface area contributed by atoms with Crippen LogP contribution in [0.15, 0.2) is 40.8 Å². The fraction of sp³-hybridized carbons (Fsp3) is 0.412. The maximum absolute atomic E-state index is 11.1. The van der Waals surface area contributed by atoms with E-state index in [0.29, 0.717) is 24.4 Å². The van der Waals surface area contributed by atoms with Crippen molar-refractivity contribution in [3.63, 3.8) is 0 Å². The zero-order valence-electron chi connectivity index (χ0n) is 13.6. The Morgan fingerprint density at radius 3 is 2.75 bits per heavy atom. The van der Waals surface area contributed by atoms with Crippen LogP contribution in [0.1, 0.15) is 19.1 Å². The van der Waals surface area contributed by atoms with E-state index in [-0.39, 0.29) is 28.4 Å². The van der Waals surface area contributed by atoms with Gasteiger partial charge in [-0.3, -0.25) is 15.0 Å². The van der Waals surface area contributed by atoms with Gasteiger partial charge in [-0.25, -0.2) is 0 Å². The number of nitrogens with zero attached hydrogens (tertiary/aromatic N) is 2. The lowest BCUT2D eigenvalue weighted by Gasteiger charge is -2.21. The number of nitro benzene ring substituents is 1. The molecule has 6 nitrogen and oxygen atoms in total. The zero-order chi connectivity index (χ0) is 16.4. The van der Waals surface area contributed by atoms with Gasteiger partial charge in [-0.2, -0.15) is 0 Å². The lowest BCUT2D eigenvalue weighted by Crippen LogP contribution is -2.31. The molecule has 0 bridgehead atoms. The Hall–Kier alpha value is -1.89. The van der Waals surface area contributed by atoms with E-state index in [4.69, 9.17) is 10.2 Å². The van der Waals surface area contributed by atoms with E-state index in [1.165, 1.54) is 6.07 Å². The average molecular weight is 352 g/mol. The highest BCUT2D eigenvalue weighted by Crippen LogP contribution is 2.33. The molecule has 1 aliphatic rings. The molecular formula is C17H22ClN3O3. The van der Waals surface area contributed by atoms with Crippen LogP contribution < -0.4 is 5.73 Å². The van der Waals surface area contributed by atoms with Gasteiger partial charge >= 0.3 is 0 Å². The van der Waals surface area contributed by atoms with Gasteiger partial charge in [0.2, 0.25) is 0 Å². The molecule has 2 heterocycles. The third-order valence-electron chi connectivity index (χ3n) is 4.54. The molecule has 130 valence electrons. The summed E-state index contributed by atoms with van der Waals surface area (Å²) in [5, 5.41) is 11.1. The molecule has 1 aliphatic heterocycles. The predicted molar refractivity (Wildman–Crippen MR) is 95.1 cm³/mol. The first-order chi connectivity index (χ1) is 11.0. The summed E-state index contributed by atoms with van der Waals surface area (Å²) >= 11 is 0. The van der Waals surface area contributed by atoms with Crippen molar-refractivity contribution >= 4 is 18.1 Å². The molecule has 0 radical (unpaired) electrons. The van der Waals surface area contributed by atoms with E-state index in [1.54, 1.807) is 24.3 Å². The maximum atomic E-state index is 11.1. The van der Waals surface area contributed by atoms with Crippen molar-refractivity contribution in [2.24, 2.45) is 11.1 Å². The number of nitrogens with two attached hydrogens (primary N) is 1. The molecule has 7 heteroatoms. The van der Waals surface area contributed by atoms with E-state index in [9.17, 15) is 10.1 Å². The zero-order valence-corrected chi connectivity index (χ0v) is 14.4. The maximum Gasteiger partial charge on any atom is 0.280 e. The number of para-hydroxylation sites is 1. The summed E-state index contributed by atoms with van der Waals surface area (Å²) < 4.78 is 5.85. The second-order valence-electron chi connectivity index (χ2n) is 6.52. The minimum Gasteiger partial charge on any atom is -0.459 e. The topological polar surface area (TPSA) is 85.5 Å². The van der Waals surface area contributed by atoms with E-state index in [2.05, 4.69) is 11.8 Å². The van der Waals surface area contributed by atoms with Gasteiger partial charge in [0.05, 0.1) is 17.0 Å². The van der Waals surface area contributed by atoms with Crippen molar-refractivity contribution in [2.75, 3.05) is 19.6 Å². The highest BCUT2D eigenvalue weighted by Gasteiger charge is 2.32. The van der Waals surface area contributed by atoms with Crippen LogP contribution in [-0.2, 0) is 6.54 Å². The Morgan fingerprint density at radius 1 is 1.33 bits per heavy atom. The molecule has 0 amide bonds. The summed E-state index contributed by atoms with van der Waals surface area (Å²) in [7, 11) is 0. The molecule has 3 rings (SSSR count). The van der Waals surface area contributed by atoms with Crippen molar-refractivity contribution in [3.05, 3.63) is 52.3 Å². The van der Waals surface area contributed by atoms with Gasteiger partial charge in [0.1, 0.15) is 11.5 Å². The van der Waals surface area contributed by atoms with E-state index in [1.807, 2.05) is 6.07 Å². The fourth-order valence-electron chi connectivity index (χ4n) is 3.10. The Labute approximate surface area is 147 Å². The minimum atomic E-state index is -0.384. The number of furan rings is 1. The van der Waals surface area contributed by atoms with Gasteiger partial charge in [0.15, 0.2) is 0 Å². The number of hydrogen-bond donors (Lipinski definition) is 1. The van der Waals surface area contributed by atoms with Crippen LogP contribution in [0.3, 0.4) is 0 Å². The molecule has 1 atom stereocenters. The summed E-state index contributed by atoms with van der Waals surface area (Å²) in [6, 6.07) is 10.3. The number of nitro groups is 1. The molecule has 2 N–H and O–H groups in total. The normalized spacial score (nSPS) is 20.8. The van der Waals surface area contributed by atoms with Crippen molar-refractivity contribution in [1.29, 1.82) is 0 Å². The highest BCUT2D eigenvalue weighted by atomic mass is 35.5. The summed E-state index contributed by atoms with van der Waals surface area (Å²) in [5.41, 5.74) is 6.58. The Balaban J connectivity index is 0.00000208. The quantitative estimate of drug-likeness (QED) is 0.658. The average Bonchev–Trinajstić information content (AvgIpc) is 3.15. The molecule has 24 heavy (non-hydrogen) atoms. The van der Waals surface area contributed by atoms with Crippen LogP contribution in [0.4, 0.5) is 5.69 Å². The summed E-state index contributed by atoms with van der Waals surface area (Å²) in [5.74, 6) is 1.35. The van der Waals surface area contributed by atoms with Gasteiger partial charge in [0, 0.05) is 12.6 Å². The minimum absolute atomic E-state index is 0. The molecule has 0 spiro atoms. The molecule has 1 aromatic carbocycles. The Morgan fingerprint density at radius 2 is 2.08 bits per heavy atom. The standard InChI is InChI=1S/C17H21N3O3.ClH/c1-17(11-18)8-9-19(12-17)10-13-6-7-16(23-13)14-4-2-3-5-15(14)20(21)22;/h2-7H,8-12,18H2,1H3;1H. The monoisotopic (exact) mass is 351 g/mol. The summed E-state index contributed by atoms with van der Waals surface area (Å²) in [4.78, 5) is 13.1. The largest absolute Gasteiger partial charge is 0.459 e. The second kappa shape index (κ2) is 7.34. The number of halogens is 1. The van der Waals surface area contributed by atoms with Crippen LogP contribution >= 0.6 is 12.4 Å². The molecule has 1 saturated heterocycles. The second-order valence-corrected chi connectivity index (χ2v) is 6.52. The van der Waals surface area contributed by atoms with Crippen molar-refractivity contribution in [2.45, 2.75) is 19.9 Å². The van der Waals surface area contributed by atoms with Gasteiger partial charge in [-0.15, -0.1) is 12.4 Å². The first-order valence-corrected chi connectivity index (χ1v) is 7.76. The molecule has 1 fully saturated rings. The molecule has 0 saturated carbocycles. The van der Waals surface area contributed by atoms with Gasteiger partial charge < -0.3 is 10.2 Å². The smallest absolute Gasteiger partial charge is 0.280 e. The molecule has 2 aromatic rings. The Bertz CT molecular complexity index is 719. The first-order valence-electron chi connectivity index (χ1n) is 7.76. The SMILES string of the molecule is CC1(CN)CCN(Cc2ccc(-c3ccccc3[N+](=O)[O-])o2)C1.Cl. The third kappa shape index (κ3) is 3.77. The van der Waals surface area contributed by atoms with Crippen LogP contribution in [0.2, 0.25) is 0 Å². The number of likely N-dealkylation sites (tertiary alicyclic amines) is 1. The van der Waals surface area contributed by atoms with Gasteiger partial charge in [0.25, 0.3) is 5.69 Å². The highest BCUT2D eigenvalue weighted by molar-refractivity contribution is 5.85. The van der Waals surface area contributed by atoms with E-state index in [0.717, 1.165) is 25.3 Å². The number of benzene rings is 1. The first kappa shape index (κ1) is 18.4. The third-order valence-corrected chi connectivity index (χ3v) is 4.54. The summed E-state index contributed by atoms with van der Waals surface area (Å²) in [6.07, 6.45) is 1.08. The number of hydrogen-bond acceptors (Lipinski definition) is 5. The lowest BCUT2D eigenvalue weighted by molar-refractivity contribution is -0.384. The lowest BCUT2D eigenvalue weighted by atomic mass is 9.90. The molecule has 0 aliphatic carbocycles. The van der Waals surface area contributed by atoms with E-state index < -0.39 is 0 Å². The predicted octanol–water partition coefficient (Wildman–Crippen LogP) is 3.45. The fourth-order valence-corrected chi connectivity index (χ4v) is 3.10. The summed E-state index contributed by atoms with van der Waals surface area (Å²) in [6.45, 7) is 5.54. The van der Waals surface area contributed by atoms with Crippen LogP contribution in [-0.4, -0.2) is 29.5 Å². The van der Waals surface area contributed by atoms with Gasteiger partial charge in [-0.1, -0.05) is 19.1 Å². The van der Waals surface area contributed by atoms with Crippen LogP contribution in [0.5, 0.6) is 0 Å². The van der Waals surface area contributed by atoms with E-state index >= 15 is 0 Å². The number of rotatable bonds is 5. The van der Waals surface area contributed by atoms with Crippen molar-refractivity contribution in [1.82, 2.24) is 4.90 Å². The Kier molecular flexibility index (Phi) is 5.64. The van der Waals surface area contributed by atoms with Crippen LogP contribution in [0.25, 0.3) is 11.3 Å². The molecule has 1 aromatic heterocycles.